The highest BCUT2D eigenvalue weighted by molar-refractivity contribution is 5.85. The minimum absolute atomic E-state index is 0.821. The number of aromatic nitrogens is 1. The Bertz CT molecular complexity index is 321. The van der Waals surface area contributed by atoms with Crippen molar-refractivity contribution in [2.75, 3.05) is 13.1 Å². The van der Waals surface area contributed by atoms with Gasteiger partial charge < -0.3 is 9.84 Å². The van der Waals surface area contributed by atoms with Crippen molar-refractivity contribution in [3.05, 3.63) is 17.0 Å². The standard InChI is InChI=1S/C9H13N3O/c1-6-8(7(2)13-12-6)5-9-10-3-4-11-9/h3-5H2,1-2H3,(H,10,11). The number of nitrogens with one attached hydrogen (secondary N) is 1. The van der Waals surface area contributed by atoms with Crippen molar-refractivity contribution >= 4 is 5.84 Å². The molecule has 0 fully saturated rings. The van der Waals surface area contributed by atoms with E-state index in [4.69, 9.17) is 4.52 Å². The third-order valence-electron chi connectivity index (χ3n) is 2.27. The molecule has 0 saturated carbocycles. The first-order valence-corrected chi connectivity index (χ1v) is 4.46. The Morgan fingerprint density at radius 3 is 2.85 bits per heavy atom. The first-order chi connectivity index (χ1) is 6.27. The molecule has 4 nitrogen and oxygen atoms in total. The molecule has 0 spiro atoms. The van der Waals surface area contributed by atoms with Crippen LogP contribution in [-0.2, 0) is 6.42 Å². The van der Waals surface area contributed by atoms with E-state index in [1.807, 2.05) is 13.8 Å². The van der Waals surface area contributed by atoms with Crippen molar-refractivity contribution in [3.63, 3.8) is 0 Å². The molecule has 1 aromatic heterocycles. The summed E-state index contributed by atoms with van der Waals surface area (Å²) in [5.74, 6) is 1.95. The molecule has 0 unspecified atom stereocenters. The van der Waals surface area contributed by atoms with Gasteiger partial charge >= 0.3 is 0 Å². The number of hydrogen-bond acceptors (Lipinski definition) is 4. The van der Waals surface area contributed by atoms with Gasteiger partial charge in [-0.2, -0.15) is 0 Å². The predicted molar refractivity (Wildman–Crippen MR) is 50.0 cm³/mol. The number of hydrogen-bond donors (Lipinski definition) is 1. The van der Waals surface area contributed by atoms with Crippen molar-refractivity contribution in [1.29, 1.82) is 0 Å². The van der Waals surface area contributed by atoms with Crippen molar-refractivity contribution in [2.24, 2.45) is 4.99 Å². The van der Waals surface area contributed by atoms with Crippen LogP contribution in [0.5, 0.6) is 0 Å². The summed E-state index contributed by atoms with van der Waals surface area (Å²) in [6.07, 6.45) is 0.821. The third kappa shape index (κ3) is 1.56. The van der Waals surface area contributed by atoms with E-state index in [2.05, 4.69) is 15.5 Å². The second-order valence-electron chi connectivity index (χ2n) is 3.23. The lowest BCUT2D eigenvalue weighted by atomic mass is 10.1. The van der Waals surface area contributed by atoms with Crippen molar-refractivity contribution in [3.8, 4) is 0 Å². The van der Waals surface area contributed by atoms with Gasteiger partial charge in [0.1, 0.15) is 11.6 Å². The average Bonchev–Trinajstić information content (AvgIpc) is 2.70. The molecule has 13 heavy (non-hydrogen) atoms. The lowest BCUT2D eigenvalue weighted by Crippen LogP contribution is -2.20. The van der Waals surface area contributed by atoms with Gasteiger partial charge in [0, 0.05) is 18.5 Å². The fraction of sp³-hybridized carbons (Fsp3) is 0.556. The number of amidine groups is 1. The minimum Gasteiger partial charge on any atom is -0.372 e. The fourth-order valence-corrected chi connectivity index (χ4v) is 1.49. The van der Waals surface area contributed by atoms with Crippen LogP contribution < -0.4 is 5.32 Å². The lowest BCUT2D eigenvalue weighted by Gasteiger charge is -2.00. The topological polar surface area (TPSA) is 50.4 Å². The SMILES string of the molecule is Cc1noc(C)c1CC1=NCCN1. The Labute approximate surface area is 77.0 Å². The summed E-state index contributed by atoms with van der Waals surface area (Å²) in [6, 6.07) is 0. The Morgan fingerprint density at radius 2 is 2.31 bits per heavy atom. The zero-order chi connectivity index (χ0) is 9.26. The summed E-state index contributed by atoms with van der Waals surface area (Å²) in [6.45, 7) is 5.74. The van der Waals surface area contributed by atoms with Crippen molar-refractivity contribution < 1.29 is 4.52 Å². The molecule has 1 aliphatic rings. The smallest absolute Gasteiger partial charge is 0.137 e. The quantitative estimate of drug-likeness (QED) is 0.731. The van der Waals surface area contributed by atoms with Crippen LogP contribution in [-0.4, -0.2) is 24.1 Å². The van der Waals surface area contributed by atoms with Gasteiger partial charge in [0.05, 0.1) is 12.2 Å². The summed E-state index contributed by atoms with van der Waals surface area (Å²) in [7, 11) is 0. The molecule has 0 radical (unpaired) electrons. The Morgan fingerprint density at radius 1 is 1.46 bits per heavy atom. The Hall–Kier alpha value is -1.32. The van der Waals surface area contributed by atoms with E-state index in [0.29, 0.717) is 0 Å². The maximum Gasteiger partial charge on any atom is 0.137 e. The van der Waals surface area contributed by atoms with E-state index >= 15 is 0 Å². The first-order valence-electron chi connectivity index (χ1n) is 4.46. The van der Waals surface area contributed by atoms with Crippen LogP contribution in [0.1, 0.15) is 17.0 Å². The summed E-state index contributed by atoms with van der Waals surface area (Å²) >= 11 is 0. The fourth-order valence-electron chi connectivity index (χ4n) is 1.49. The first kappa shape index (κ1) is 8.29. The van der Waals surface area contributed by atoms with Crippen molar-refractivity contribution in [2.45, 2.75) is 20.3 Å². The second kappa shape index (κ2) is 3.20. The number of aliphatic imine (C=N–C) groups is 1. The summed E-state index contributed by atoms with van der Waals surface area (Å²) in [5, 5.41) is 7.13. The van der Waals surface area contributed by atoms with Gasteiger partial charge in [-0.3, -0.25) is 4.99 Å². The highest BCUT2D eigenvalue weighted by atomic mass is 16.5. The Balaban J connectivity index is 2.16. The van der Waals surface area contributed by atoms with Gasteiger partial charge in [0.15, 0.2) is 0 Å². The molecule has 2 heterocycles. The summed E-state index contributed by atoms with van der Waals surface area (Å²) < 4.78 is 5.07. The molecule has 4 heteroatoms. The average molecular weight is 179 g/mol. The van der Waals surface area contributed by atoms with E-state index in [9.17, 15) is 0 Å². The molecule has 0 amide bonds. The maximum atomic E-state index is 5.07. The molecular formula is C9H13N3O. The number of rotatable bonds is 2. The van der Waals surface area contributed by atoms with Gasteiger partial charge in [-0.05, 0) is 13.8 Å². The summed E-state index contributed by atoms with van der Waals surface area (Å²) in [4.78, 5) is 4.33. The largest absolute Gasteiger partial charge is 0.372 e. The Kier molecular flexibility index (Phi) is 2.04. The van der Waals surface area contributed by atoms with Crippen LogP contribution in [0.2, 0.25) is 0 Å². The molecule has 0 aromatic carbocycles. The summed E-state index contributed by atoms with van der Waals surface area (Å²) in [5.41, 5.74) is 2.13. The van der Waals surface area contributed by atoms with Gasteiger partial charge in [0.2, 0.25) is 0 Å². The van der Waals surface area contributed by atoms with E-state index in [-0.39, 0.29) is 0 Å². The molecule has 1 aliphatic heterocycles. The highest BCUT2D eigenvalue weighted by Gasteiger charge is 2.13. The molecule has 1 aromatic rings. The number of aryl methyl sites for hydroxylation is 2. The van der Waals surface area contributed by atoms with Crippen LogP contribution in [0.15, 0.2) is 9.52 Å². The van der Waals surface area contributed by atoms with Gasteiger partial charge in [-0.1, -0.05) is 5.16 Å². The minimum atomic E-state index is 0.821. The van der Waals surface area contributed by atoms with E-state index < -0.39 is 0 Å². The van der Waals surface area contributed by atoms with E-state index in [1.165, 1.54) is 0 Å². The van der Waals surface area contributed by atoms with Crippen LogP contribution in [0.25, 0.3) is 0 Å². The maximum absolute atomic E-state index is 5.07. The molecule has 0 bridgehead atoms. The molecule has 1 N–H and O–H groups in total. The molecule has 70 valence electrons. The molecule has 0 saturated heterocycles. The third-order valence-corrected chi connectivity index (χ3v) is 2.27. The van der Waals surface area contributed by atoms with Crippen LogP contribution in [0.3, 0.4) is 0 Å². The van der Waals surface area contributed by atoms with Crippen LogP contribution >= 0.6 is 0 Å². The monoisotopic (exact) mass is 179 g/mol. The van der Waals surface area contributed by atoms with E-state index in [1.54, 1.807) is 0 Å². The predicted octanol–water partition coefficient (Wildman–Crippen LogP) is 0.836. The van der Waals surface area contributed by atoms with Crippen molar-refractivity contribution in [1.82, 2.24) is 10.5 Å². The highest BCUT2D eigenvalue weighted by Crippen LogP contribution is 2.13. The normalized spacial score (nSPS) is 15.7. The molecular weight excluding hydrogens is 166 g/mol. The lowest BCUT2D eigenvalue weighted by molar-refractivity contribution is 0.392. The van der Waals surface area contributed by atoms with Gasteiger partial charge in [-0.15, -0.1) is 0 Å². The molecule has 2 rings (SSSR count). The zero-order valence-electron chi connectivity index (χ0n) is 7.92. The number of nitrogens with zero attached hydrogens (tertiary/aromatic N) is 2. The van der Waals surface area contributed by atoms with Crippen LogP contribution in [0.4, 0.5) is 0 Å². The van der Waals surface area contributed by atoms with E-state index in [0.717, 1.165) is 42.4 Å². The van der Waals surface area contributed by atoms with Gasteiger partial charge in [0.25, 0.3) is 0 Å². The second-order valence-corrected chi connectivity index (χ2v) is 3.23. The molecule has 0 atom stereocenters. The molecule has 0 aliphatic carbocycles. The zero-order valence-corrected chi connectivity index (χ0v) is 7.92. The van der Waals surface area contributed by atoms with Gasteiger partial charge in [-0.25, -0.2) is 0 Å². The van der Waals surface area contributed by atoms with Crippen LogP contribution in [0, 0.1) is 13.8 Å².